The summed E-state index contributed by atoms with van der Waals surface area (Å²) in [5.74, 6) is 0. The number of hydrogen-bond donors (Lipinski definition) is 0. The van der Waals surface area contributed by atoms with Crippen molar-refractivity contribution in [3.05, 3.63) is 69.0 Å². The number of hydrogen-bond acceptors (Lipinski definition) is 2. The fourth-order valence-electron chi connectivity index (χ4n) is 1.84. The molecular weight excluding hydrogens is 256 g/mol. The zero-order valence-corrected chi connectivity index (χ0v) is 11.4. The first-order valence-electron chi connectivity index (χ1n) is 5.77. The fourth-order valence-corrected chi connectivity index (χ4v) is 3.31. The average molecular weight is 268 g/mol. The predicted octanol–water partition coefficient (Wildman–Crippen LogP) is 5.65. The maximum Gasteiger partial charge on any atom is 0.0349 e. The van der Waals surface area contributed by atoms with Crippen LogP contribution in [0, 0.1) is 0 Å². The molecule has 2 heteroatoms. The Morgan fingerprint density at radius 3 is 2.50 bits per heavy atom. The lowest BCUT2D eigenvalue weighted by atomic mass is 10.1. The summed E-state index contributed by atoms with van der Waals surface area (Å²) in [5.41, 5.74) is 3.88. The van der Waals surface area contributed by atoms with E-state index in [2.05, 4.69) is 64.7 Å². The summed E-state index contributed by atoms with van der Waals surface area (Å²) in [6.07, 6.45) is 4.37. The molecule has 0 aliphatic rings. The molecule has 0 radical (unpaired) electrons. The van der Waals surface area contributed by atoms with E-state index in [1.54, 1.807) is 22.7 Å². The lowest BCUT2D eigenvalue weighted by Crippen LogP contribution is -1.72. The Labute approximate surface area is 115 Å². The first-order valence-corrected chi connectivity index (χ1v) is 7.59. The number of rotatable bonds is 3. The normalized spacial score (nSPS) is 11.1. The van der Waals surface area contributed by atoms with Crippen LogP contribution in [0.25, 0.3) is 23.3 Å². The maximum atomic E-state index is 2.20. The Balaban J connectivity index is 1.91. The Hall–Kier alpha value is -1.64. The van der Waals surface area contributed by atoms with Crippen LogP contribution in [0.3, 0.4) is 0 Å². The van der Waals surface area contributed by atoms with E-state index in [0.717, 1.165) is 0 Å². The third-order valence-corrected chi connectivity index (χ3v) is 4.32. The van der Waals surface area contributed by atoms with Crippen molar-refractivity contribution in [2.45, 2.75) is 0 Å². The largest absolute Gasteiger partial charge is 0.152 e. The Bertz CT molecular complexity index is 631. The van der Waals surface area contributed by atoms with Gasteiger partial charge in [-0.3, -0.25) is 0 Å². The van der Waals surface area contributed by atoms with E-state index in [0.29, 0.717) is 0 Å². The van der Waals surface area contributed by atoms with Gasteiger partial charge >= 0.3 is 0 Å². The van der Waals surface area contributed by atoms with Gasteiger partial charge < -0.3 is 0 Å². The topological polar surface area (TPSA) is 0 Å². The van der Waals surface area contributed by atoms with Crippen LogP contribution in [0.4, 0.5) is 0 Å². The van der Waals surface area contributed by atoms with E-state index >= 15 is 0 Å². The highest BCUT2D eigenvalue weighted by Gasteiger charge is 2.04. The molecule has 2 heterocycles. The van der Waals surface area contributed by atoms with Crippen molar-refractivity contribution in [3.63, 3.8) is 0 Å². The van der Waals surface area contributed by atoms with E-state index in [9.17, 15) is 0 Å². The van der Waals surface area contributed by atoms with Crippen LogP contribution < -0.4 is 0 Å². The second kappa shape index (κ2) is 5.34. The van der Waals surface area contributed by atoms with Gasteiger partial charge in [0.25, 0.3) is 0 Å². The first-order chi connectivity index (χ1) is 8.93. The van der Waals surface area contributed by atoms with Crippen LogP contribution in [0.2, 0.25) is 0 Å². The smallest absolute Gasteiger partial charge is 0.0349 e. The van der Waals surface area contributed by atoms with Crippen LogP contribution in [0.1, 0.15) is 10.4 Å². The van der Waals surface area contributed by atoms with Crippen molar-refractivity contribution in [1.82, 2.24) is 0 Å². The molecule has 88 valence electrons. The highest BCUT2D eigenvalue weighted by molar-refractivity contribution is 7.11. The molecule has 0 N–H and O–H groups in total. The van der Waals surface area contributed by atoms with Gasteiger partial charge in [-0.1, -0.05) is 36.4 Å². The molecule has 0 saturated carbocycles. The van der Waals surface area contributed by atoms with E-state index in [1.807, 2.05) is 6.07 Å². The van der Waals surface area contributed by atoms with Gasteiger partial charge in [-0.2, -0.15) is 11.3 Å². The molecule has 0 aliphatic heterocycles. The van der Waals surface area contributed by atoms with Crippen LogP contribution >= 0.6 is 22.7 Å². The minimum absolute atomic E-state index is 1.24. The highest BCUT2D eigenvalue weighted by atomic mass is 32.1. The molecule has 2 aromatic heterocycles. The predicted molar refractivity (Wildman–Crippen MR) is 83.0 cm³/mol. The van der Waals surface area contributed by atoms with Crippen molar-refractivity contribution >= 4 is 34.8 Å². The molecule has 0 unspecified atom stereocenters. The molecule has 0 nitrogen and oxygen atoms in total. The summed E-state index contributed by atoms with van der Waals surface area (Å²) < 4.78 is 0. The van der Waals surface area contributed by atoms with Gasteiger partial charge in [0.1, 0.15) is 0 Å². The molecule has 0 bridgehead atoms. The second-order valence-electron chi connectivity index (χ2n) is 3.95. The SMILES string of the molecule is C(=Cc1sccc1-c1ccsc1)c1ccccc1. The Kier molecular flexibility index (Phi) is 3.40. The van der Waals surface area contributed by atoms with E-state index in [-0.39, 0.29) is 0 Å². The molecule has 0 aliphatic carbocycles. The standard InChI is InChI=1S/C16H12S2/c1-2-4-13(5-3-1)6-7-16-15(9-11-18-16)14-8-10-17-12-14/h1-12H. The third kappa shape index (κ3) is 2.45. The fraction of sp³-hybridized carbons (Fsp3) is 0. The third-order valence-electron chi connectivity index (χ3n) is 2.75. The molecule has 0 fully saturated rings. The highest BCUT2D eigenvalue weighted by Crippen LogP contribution is 2.31. The molecule has 18 heavy (non-hydrogen) atoms. The van der Waals surface area contributed by atoms with Crippen molar-refractivity contribution in [1.29, 1.82) is 0 Å². The molecule has 0 amide bonds. The molecule has 1 aromatic carbocycles. The summed E-state index contributed by atoms with van der Waals surface area (Å²) in [7, 11) is 0. The molecule has 0 atom stereocenters. The van der Waals surface area contributed by atoms with Crippen LogP contribution in [0.15, 0.2) is 58.6 Å². The first kappa shape index (κ1) is 11.5. The van der Waals surface area contributed by atoms with Crippen molar-refractivity contribution in [3.8, 4) is 11.1 Å². The summed E-state index contributed by atoms with van der Waals surface area (Å²) >= 11 is 3.53. The van der Waals surface area contributed by atoms with Crippen LogP contribution in [-0.2, 0) is 0 Å². The van der Waals surface area contributed by atoms with Crippen LogP contribution in [0.5, 0.6) is 0 Å². The maximum absolute atomic E-state index is 2.20. The molecular formula is C16H12S2. The molecule has 0 saturated heterocycles. The van der Waals surface area contributed by atoms with Gasteiger partial charge in [0.05, 0.1) is 0 Å². The van der Waals surface area contributed by atoms with Gasteiger partial charge in [-0.25, -0.2) is 0 Å². The summed E-state index contributed by atoms with van der Waals surface area (Å²) in [5, 5.41) is 6.47. The Morgan fingerprint density at radius 2 is 1.72 bits per heavy atom. The quantitative estimate of drug-likeness (QED) is 0.576. The zero-order valence-electron chi connectivity index (χ0n) is 9.74. The van der Waals surface area contributed by atoms with Crippen molar-refractivity contribution in [2.75, 3.05) is 0 Å². The lowest BCUT2D eigenvalue weighted by Gasteiger charge is -1.96. The summed E-state index contributed by atoms with van der Waals surface area (Å²) in [6, 6.07) is 14.8. The van der Waals surface area contributed by atoms with Gasteiger partial charge in [-0.05, 0) is 45.5 Å². The number of thiophene rings is 2. The minimum Gasteiger partial charge on any atom is -0.152 e. The molecule has 0 spiro atoms. The van der Waals surface area contributed by atoms with Gasteiger partial charge in [0, 0.05) is 10.4 Å². The van der Waals surface area contributed by atoms with Crippen LogP contribution in [-0.4, -0.2) is 0 Å². The lowest BCUT2D eigenvalue weighted by molar-refractivity contribution is 1.67. The average Bonchev–Trinajstić information content (AvgIpc) is 3.08. The Morgan fingerprint density at radius 1 is 0.833 bits per heavy atom. The second-order valence-corrected chi connectivity index (χ2v) is 5.68. The minimum atomic E-state index is 1.24. The van der Waals surface area contributed by atoms with Gasteiger partial charge in [0.15, 0.2) is 0 Å². The van der Waals surface area contributed by atoms with Crippen molar-refractivity contribution < 1.29 is 0 Å². The van der Waals surface area contributed by atoms with E-state index < -0.39 is 0 Å². The number of benzene rings is 1. The van der Waals surface area contributed by atoms with E-state index in [4.69, 9.17) is 0 Å². The molecule has 3 rings (SSSR count). The summed E-state index contributed by atoms with van der Waals surface area (Å²) in [6.45, 7) is 0. The zero-order chi connectivity index (χ0) is 12.2. The summed E-state index contributed by atoms with van der Waals surface area (Å²) in [4.78, 5) is 1.32. The van der Waals surface area contributed by atoms with E-state index in [1.165, 1.54) is 21.6 Å². The molecule has 3 aromatic rings. The van der Waals surface area contributed by atoms with Crippen molar-refractivity contribution in [2.24, 2.45) is 0 Å². The monoisotopic (exact) mass is 268 g/mol. The van der Waals surface area contributed by atoms with Gasteiger partial charge in [0.2, 0.25) is 0 Å². The van der Waals surface area contributed by atoms with Gasteiger partial charge in [-0.15, -0.1) is 11.3 Å².